The van der Waals surface area contributed by atoms with Crippen LogP contribution in [0.4, 0.5) is 0 Å². The summed E-state index contributed by atoms with van der Waals surface area (Å²) >= 11 is 0. The first-order valence-corrected chi connectivity index (χ1v) is 4.93. The molecule has 0 aliphatic carbocycles. The summed E-state index contributed by atoms with van der Waals surface area (Å²) in [6.07, 6.45) is 12.9. The number of rotatable bonds is 5. The molecule has 0 aliphatic rings. The molecule has 0 aromatic heterocycles. The molecule has 82 valence electrons. The molecule has 0 fully saturated rings. The molecule has 0 amide bonds. The number of hydrogen-bond donors (Lipinski definition) is 1. The van der Waals surface area contributed by atoms with Crippen molar-refractivity contribution < 1.29 is 5.21 Å². The molecule has 15 heavy (non-hydrogen) atoms. The van der Waals surface area contributed by atoms with Crippen molar-refractivity contribution in [3.8, 4) is 0 Å². The van der Waals surface area contributed by atoms with Crippen molar-refractivity contribution in [3.05, 3.63) is 60.5 Å². The van der Waals surface area contributed by atoms with Crippen LogP contribution in [-0.4, -0.2) is 10.3 Å². The smallest absolute Gasteiger partial charge is 0.0646 e. The highest BCUT2D eigenvalue weighted by molar-refractivity contribution is 5.25. The van der Waals surface area contributed by atoms with Gasteiger partial charge in [-0.1, -0.05) is 37.0 Å². The van der Waals surface area contributed by atoms with Crippen LogP contribution in [0.3, 0.4) is 0 Å². The minimum atomic E-state index is 0.527. The van der Waals surface area contributed by atoms with Gasteiger partial charge in [-0.05, 0) is 32.9 Å². The van der Waals surface area contributed by atoms with Crippen molar-refractivity contribution in [2.24, 2.45) is 0 Å². The molecule has 0 aromatic carbocycles. The third kappa shape index (κ3) is 5.03. The Morgan fingerprint density at radius 3 is 2.20 bits per heavy atom. The van der Waals surface area contributed by atoms with Gasteiger partial charge in [0.05, 0.1) is 11.4 Å². The Balaban J connectivity index is 4.56. The molecule has 0 spiro atoms. The van der Waals surface area contributed by atoms with Crippen molar-refractivity contribution in [2.45, 2.75) is 20.8 Å². The lowest BCUT2D eigenvalue weighted by Gasteiger charge is -2.17. The van der Waals surface area contributed by atoms with E-state index in [1.54, 1.807) is 6.08 Å². The SMILES string of the molecule is C=C(/C=C\C=C/C)N(O)C(/C=C\C)=C/C. The Morgan fingerprint density at radius 1 is 1.07 bits per heavy atom. The molecular formula is C13H19NO. The molecule has 0 bridgehead atoms. The van der Waals surface area contributed by atoms with Gasteiger partial charge in [-0.3, -0.25) is 5.21 Å². The lowest BCUT2D eigenvalue weighted by Crippen LogP contribution is -2.14. The van der Waals surface area contributed by atoms with Gasteiger partial charge in [-0.15, -0.1) is 0 Å². The van der Waals surface area contributed by atoms with Crippen LogP contribution in [0.25, 0.3) is 0 Å². The molecule has 0 aliphatic heterocycles. The van der Waals surface area contributed by atoms with Gasteiger partial charge in [-0.25, -0.2) is 5.06 Å². The van der Waals surface area contributed by atoms with Gasteiger partial charge in [0.2, 0.25) is 0 Å². The normalized spacial score (nSPS) is 13.2. The standard InChI is InChI=1S/C13H19NO/c1-5-8-9-11-12(4)14(15)13(7-3)10-6-2/h5-11,15H,4H2,1-3H3/b8-5-,10-6-,11-9-,13-7+. The van der Waals surface area contributed by atoms with E-state index < -0.39 is 0 Å². The number of hydroxylamine groups is 2. The molecule has 0 radical (unpaired) electrons. The monoisotopic (exact) mass is 205 g/mol. The second kappa shape index (κ2) is 7.83. The minimum absolute atomic E-state index is 0.527. The van der Waals surface area contributed by atoms with E-state index >= 15 is 0 Å². The van der Waals surface area contributed by atoms with E-state index in [9.17, 15) is 5.21 Å². The number of nitrogens with zero attached hydrogens (tertiary/aromatic N) is 1. The zero-order valence-corrected chi connectivity index (χ0v) is 9.64. The van der Waals surface area contributed by atoms with Gasteiger partial charge in [0.15, 0.2) is 0 Å². The van der Waals surface area contributed by atoms with E-state index in [1.165, 1.54) is 0 Å². The quantitative estimate of drug-likeness (QED) is 0.545. The number of allylic oxidation sites excluding steroid dienone is 7. The second-order valence-corrected chi connectivity index (χ2v) is 2.90. The first-order chi connectivity index (χ1) is 7.17. The maximum atomic E-state index is 9.75. The molecule has 1 N–H and O–H groups in total. The molecule has 0 unspecified atom stereocenters. The molecular weight excluding hydrogens is 186 g/mol. The van der Waals surface area contributed by atoms with Crippen molar-refractivity contribution in [2.75, 3.05) is 0 Å². The lowest BCUT2D eigenvalue weighted by atomic mass is 10.3. The molecule has 2 heteroatoms. The summed E-state index contributed by atoms with van der Waals surface area (Å²) in [6, 6.07) is 0. The van der Waals surface area contributed by atoms with Gasteiger partial charge in [0.25, 0.3) is 0 Å². The highest BCUT2D eigenvalue weighted by atomic mass is 16.5. The highest BCUT2D eigenvalue weighted by Crippen LogP contribution is 2.10. The lowest BCUT2D eigenvalue weighted by molar-refractivity contribution is -0.00969. The Kier molecular flexibility index (Phi) is 7.02. The predicted molar refractivity (Wildman–Crippen MR) is 65.3 cm³/mol. The topological polar surface area (TPSA) is 23.5 Å². The average Bonchev–Trinajstić information content (AvgIpc) is 2.25. The van der Waals surface area contributed by atoms with Crippen LogP contribution < -0.4 is 0 Å². The van der Waals surface area contributed by atoms with Crippen molar-refractivity contribution in [1.82, 2.24) is 5.06 Å². The molecule has 0 saturated heterocycles. The summed E-state index contributed by atoms with van der Waals surface area (Å²) < 4.78 is 0. The van der Waals surface area contributed by atoms with Crippen LogP contribution in [-0.2, 0) is 0 Å². The van der Waals surface area contributed by atoms with Crippen molar-refractivity contribution in [1.29, 1.82) is 0 Å². The summed E-state index contributed by atoms with van der Waals surface area (Å²) in [7, 11) is 0. The predicted octanol–water partition coefficient (Wildman–Crippen LogP) is 3.80. The Bertz CT molecular complexity index is 308. The Hall–Kier alpha value is -1.54. The zero-order valence-electron chi connectivity index (χ0n) is 9.64. The number of hydrogen-bond acceptors (Lipinski definition) is 2. The fourth-order valence-corrected chi connectivity index (χ4v) is 0.974. The third-order valence-corrected chi connectivity index (χ3v) is 1.74. The maximum absolute atomic E-state index is 9.75. The fraction of sp³-hybridized carbons (Fsp3) is 0.231. The van der Waals surface area contributed by atoms with Crippen LogP contribution in [0, 0.1) is 0 Å². The second-order valence-electron chi connectivity index (χ2n) is 2.90. The van der Waals surface area contributed by atoms with Gasteiger partial charge in [-0.2, -0.15) is 0 Å². The van der Waals surface area contributed by atoms with E-state index in [0.29, 0.717) is 11.4 Å². The molecule has 2 nitrogen and oxygen atoms in total. The van der Waals surface area contributed by atoms with E-state index in [0.717, 1.165) is 5.06 Å². The van der Waals surface area contributed by atoms with E-state index in [4.69, 9.17) is 0 Å². The van der Waals surface area contributed by atoms with Gasteiger partial charge in [0, 0.05) is 0 Å². The minimum Gasteiger partial charge on any atom is -0.284 e. The largest absolute Gasteiger partial charge is 0.284 e. The van der Waals surface area contributed by atoms with Gasteiger partial charge in [0.1, 0.15) is 0 Å². The first-order valence-electron chi connectivity index (χ1n) is 4.93. The van der Waals surface area contributed by atoms with E-state index in [2.05, 4.69) is 6.58 Å². The fourth-order valence-electron chi connectivity index (χ4n) is 0.974. The average molecular weight is 205 g/mol. The van der Waals surface area contributed by atoms with E-state index in [-0.39, 0.29) is 0 Å². The molecule has 0 saturated carbocycles. The molecule has 0 aromatic rings. The summed E-state index contributed by atoms with van der Waals surface area (Å²) in [6.45, 7) is 9.45. The zero-order chi connectivity index (χ0) is 11.7. The third-order valence-electron chi connectivity index (χ3n) is 1.74. The Morgan fingerprint density at radius 2 is 1.73 bits per heavy atom. The Labute approximate surface area is 92.2 Å². The summed E-state index contributed by atoms with van der Waals surface area (Å²) in [5.74, 6) is 0. The van der Waals surface area contributed by atoms with Crippen LogP contribution in [0.1, 0.15) is 20.8 Å². The maximum Gasteiger partial charge on any atom is 0.0646 e. The van der Waals surface area contributed by atoms with Crippen LogP contribution in [0.15, 0.2) is 60.5 Å². The molecule has 0 heterocycles. The first kappa shape index (κ1) is 13.5. The highest BCUT2D eigenvalue weighted by Gasteiger charge is 2.03. The summed E-state index contributed by atoms with van der Waals surface area (Å²) in [4.78, 5) is 0. The molecule has 0 rings (SSSR count). The van der Waals surface area contributed by atoms with Crippen molar-refractivity contribution >= 4 is 0 Å². The van der Waals surface area contributed by atoms with E-state index in [1.807, 2.05) is 57.2 Å². The van der Waals surface area contributed by atoms with Crippen molar-refractivity contribution in [3.63, 3.8) is 0 Å². The van der Waals surface area contributed by atoms with Gasteiger partial charge < -0.3 is 0 Å². The molecule has 0 atom stereocenters. The van der Waals surface area contributed by atoms with Gasteiger partial charge >= 0.3 is 0 Å². The van der Waals surface area contributed by atoms with Crippen LogP contribution >= 0.6 is 0 Å². The van der Waals surface area contributed by atoms with Crippen LogP contribution in [0.2, 0.25) is 0 Å². The summed E-state index contributed by atoms with van der Waals surface area (Å²) in [5, 5.41) is 10.8. The summed E-state index contributed by atoms with van der Waals surface area (Å²) in [5.41, 5.74) is 1.23. The van der Waals surface area contributed by atoms with Crippen LogP contribution in [0.5, 0.6) is 0 Å².